The van der Waals surface area contributed by atoms with Crippen molar-refractivity contribution in [1.29, 1.82) is 0 Å². The molecule has 2 heteroatoms. The van der Waals surface area contributed by atoms with Crippen LogP contribution in [0.2, 0.25) is 0 Å². The van der Waals surface area contributed by atoms with Crippen molar-refractivity contribution in [2.24, 2.45) is 11.3 Å². The van der Waals surface area contributed by atoms with Gasteiger partial charge in [0.05, 0.1) is 5.60 Å². The molecule has 1 aliphatic rings. The Morgan fingerprint density at radius 3 is 2.31 bits per heavy atom. The fourth-order valence-corrected chi connectivity index (χ4v) is 2.08. The summed E-state index contributed by atoms with van der Waals surface area (Å²) in [7, 11) is 0. The quantitative estimate of drug-likeness (QED) is 0.614. The molecule has 0 amide bonds. The molecule has 0 saturated heterocycles. The molecule has 0 unspecified atom stereocenters. The summed E-state index contributed by atoms with van der Waals surface area (Å²) in [4.78, 5) is 0. The van der Waals surface area contributed by atoms with Crippen molar-refractivity contribution < 1.29 is 10.2 Å². The standard InChI is InChI=1S/C11H22O2/c1-10(2)5-4-9(8-12)11(3,13)7-6-10/h9,12-13H,4-8H2,1-3H3/t9-,11-/m1/s1. The first-order valence-corrected chi connectivity index (χ1v) is 5.21. The zero-order valence-corrected chi connectivity index (χ0v) is 9.01. The lowest BCUT2D eigenvalue weighted by molar-refractivity contribution is -0.0295. The van der Waals surface area contributed by atoms with Crippen molar-refractivity contribution in [2.75, 3.05) is 6.61 Å². The minimum absolute atomic E-state index is 0.0641. The van der Waals surface area contributed by atoms with Crippen LogP contribution in [0.4, 0.5) is 0 Å². The highest BCUT2D eigenvalue weighted by molar-refractivity contribution is 4.88. The van der Waals surface area contributed by atoms with Gasteiger partial charge in [-0.1, -0.05) is 13.8 Å². The number of aliphatic hydroxyl groups is 2. The lowest BCUT2D eigenvalue weighted by Crippen LogP contribution is -2.35. The largest absolute Gasteiger partial charge is 0.396 e. The third kappa shape index (κ3) is 2.68. The molecule has 0 heterocycles. The third-order valence-corrected chi connectivity index (χ3v) is 3.58. The molecule has 1 rings (SSSR count). The lowest BCUT2D eigenvalue weighted by Gasteiger charge is -2.29. The molecule has 0 aromatic rings. The molecule has 2 nitrogen and oxygen atoms in total. The molecule has 1 fully saturated rings. The average Bonchev–Trinajstić information content (AvgIpc) is 2.10. The van der Waals surface area contributed by atoms with Gasteiger partial charge in [-0.25, -0.2) is 0 Å². The first kappa shape index (κ1) is 11.0. The van der Waals surface area contributed by atoms with Gasteiger partial charge in [0.2, 0.25) is 0 Å². The Morgan fingerprint density at radius 1 is 1.15 bits per heavy atom. The van der Waals surface area contributed by atoms with Crippen molar-refractivity contribution in [3.05, 3.63) is 0 Å². The van der Waals surface area contributed by atoms with Crippen molar-refractivity contribution >= 4 is 0 Å². The van der Waals surface area contributed by atoms with Crippen LogP contribution in [0, 0.1) is 11.3 Å². The summed E-state index contributed by atoms with van der Waals surface area (Å²) < 4.78 is 0. The third-order valence-electron chi connectivity index (χ3n) is 3.58. The van der Waals surface area contributed by atoms with E-state index in [4.69, 9.17) is 5.11 Å². The molecule has 2 atom stereocenters. The Bertz CT molecular complexity index is 173. The van der Waals surface area contributed by atoms with E-state index in [0.717, 1.165) is 25.7 Å². The van der Waals surface area contributed by atoms with Crippen LogP contribution in [0.5, 0.6) is 0 Å². The fraction of sp³-hybridized carbons (Fsp3) is 1.00. The molecule has 2 N–H and O–H groups in total. The smallest absolute Gasteiger partial charge is 0.0669 e. The van der Waals surface area contributed by atoms with Gasteiger partial charge in [-0.05, 0) is 38.0 Å². The maximum Gasteiger partial charge on any atom is 0.0669 e. The highest BCUT2D eigenvalue weighted by Gasteiger charge is 2.37. The number of rotatable bonds is 1. The zero-order chi connectivity index (χ0) is 10.1. The Morgan fingerprint density at radius 2 is 1.77 bits per heavy atom. The highest BCUT2D eigenvalue weighted by atomic mass is 16.3. The first-order valence-electron chi connectivity index (χ1n) is 5.21. The van der Waals surface area contributed by atoms with Gasteiger partial charge in [0.1, 0.15) is 0 Å². The maximum atomic E-state index is 10.1. The van der Waals surface area contributed by atoms with Gasteiger partial charge in [-0.3, -0.25) is 0 Å². The molecule has 0 radical (unpaired) electrons. The normalized spacial score (nSPS) is 39.9. The lowest BCUT2D eigenvalue weighted by atomic mass is 9.84. The van der Waals surface area contributed by atoms with Crippen molar-refractivity contribution in [3.63, 3.8) is 0 Å². The van der Waals surface area contributed by atoms with E-state index in [1.165, 1.54) is 0 Å². The number of hydrogen-bond donors (Lipinski definition) is 2. The minimum atomic E-state index is -0.664. The summed E-state index contributed by atoms with van der Waals surface area (Å²) >= 11 is 0. The van der Waals surface area contributed by atoms with Gasteiger partial charge in [0, 0.05) is 12.5 Å². The Kier molecular flexibility index (Phi) is 3.03. The summed E-state index contributed by atoms with van der Waals surface area (Å²) in [5, 5.41) is 19.2. The topological polar surface area (TPSA) is 40.5 Å². The molecule has 0 bridgehead atoms. The van der Waals surface area contributed by atoms with Crippen LogP contribution in [0.15, 0.2) is 0 Å². The van der Waals surface area contributed by atoms with Crippen LogP contribution in [0.25, 0.3) is 0 Å². The van der Waals surface area contributed by atoms with E-state index in [1.807, 2.05) is 6.92 Å². The summed E-state index contributed by atoms with van der Waals surface area (Å²) in [6.45, 7) is 6.45. The van der Waals surface area contributed by atoms with Crippen LogP contribution in [-0.2, 0) is 0 Å². The van der Waals surface area contributed by atoms with Crippen molar-refractivity contribution in [2.45, 2.75) is 52.1 Å². The molecule has 1 saturated carbocycles. The van der Waals surface area contributed by atoms with Gasteiger partial charge >= 0.3 is 0 Å². The Labute approximate surface area is 81.0 Å². The van der Waals surface area contributed by atoms with Gasteiger partial charge in [0.15, 0.2) is 0 Å². The molecular weight excluding hydrogens is 164 g/mol. The Hall–Kier alpha value is -0.0800. The van der Waals surface area contributed by atoms with E-state index in [9.17, 15) is 5.11 Å². The van der Waals surface area contributed by atoms with Gasteiger partial charge in [0.25, 0.3) is 0 Å². The van der Waals surface area contributed by atoms with E-state index >= 15 is 0 Å². The second kappa shape index (κ2) is 3.58. The van der Waals surface area contributed by atoms with E-state index in [0.29, 0.717) is 5.41 Å². The van der Waals surface area contributed by atoms with E-state index in [-0.39, 0.29) is 12.5 Å². The molecule has 0 aliphatic heterocycles. The van der Waals surface area contributed by atoms with Crippen LogP contribution in [0.1, 0.15) is 46.5 Å². The molecule has 0 aromatic carbocycles. The van der Waals surface area contributed by atoms with E-state index < -0.39 is 5.60 Å². The van der Waals surface area contributed by atoms with Crippen LogP contribution < -0.4 is 0 Å². The minimum Gasteiger partial charge on any atom is -0.396 e. The van der Waals surface area contributed by atoms with Gasteiger partial charge < -0.3 is 10.2 Å². The summed E-state index contributed by atoms with van der Waals surface area (Å²) in [6.07, 6.45) is 3.91. The molecule has 78 valence electrons. The second-order valence-electron chi connectivity index (χ2n) is 5.44. The van der Waals surface area contributed by atoms with Crippen LogP contribution >= 0.6 is 0 Å². The number of hydrogen-bond acceptors (Lipinski definition) is 2. The number of aliphatic hydroxyl groups excluding tert-OH is 1. The predicted molar refractivity (Wildman–Crippen MR) is 53.4 cm³/mol. The molecule has 0 aromatic heterocycles. The average molecular weight is 186 g/mol. The monoisotopic (exact) mass is 186 g/mol. The molecule has 13 heavy (non-hydrogen) atoms. The predicted octanol–water partition coefficient (Wildman–Crippen LogP) is 1.95. The van der Waals surface area contributed by atoms with Crippen LogP contribution in [-0.4, -0.2) is 22.4 Å². The summed E-state index contributed by atoms with van der Waals surface area (Å²) in [5.74, 6) is 0.0641. The van der Waals surface area contributed by atoms with E-state index in [2.05, 4.69) is 13.8 Å². The summed E-state index contributed by atoms with van der Waals surface area (Å²) in [5.41, 5.74) is -0.337. The highest BCUT2D eigenvalue weighted by Crippen LogP contribution is 2.40. The van der Waals surface area contributed by atoms with Crippen molar-refractivity contribution in [1.82, 2.24) is 0 Å². The second-order valence-corrected chi connectivity index (χ2v) is 5.44. The Balaban J connectivity index is 2.69. The zero-order valence-electron chi connectivity index (χ0n) is 9.01. The fourth-order valence-electron chi connectivity index (χ4n) is 2.08. The van der Waals surface area contributed by atoms with Gasteiger partial charge in [-0.2, -0.15) is 0 Å². The molecule has 1 aliphatic carbocycles. The maximum absolute atomic E-state index is 10.1. The van der Waals surface area contributed by atoms with Crippen LogP contribution in [0.3, 0.4) is 0 Å². The molecule has 0 spiro atoms. The van der Waals surface area contributed by atoms with Gasteiger partial charge in [-0.15, -0.1) is 0 Å². The SMILES string of the molecule is CC1(C)CC[C@H](CO)[C@](C)(O)CC1. The summed E-state index contributed by atoms with van der Waals surface area (Å²) in [6, 6.07) is 0. The first-order chi connectivity index (χ1) is 5.87. The van der Waals surface area contributed by atoms with Crippen molar-refractivity contribution in [3.8, 4) is 0 Å². The van der Waals surface area contributed by atoms with E-state index in [1.54, 1.807) is 0 Å². The molecular formula is C11H22O2.